The summed E-state index contributed by atoms with van der Waals surface area (Å²) in [6.07, 6.45) is 3.98. The van der Waals surface area contributed by atoms with Gasteiger partial charge >= 0.3 is 0 Å². The molecule has 1 aliphatic carbocycles. The predicted molar refractivity (Wildman–Crippen MR) is 124 cm³/mol. The van der Waals surface area contributed by atoms with Gasteiger partial charge in [-0.15, -0.1) is 0 Å². The average molecular weight is 510 g/mol. The van der Waals surface area contributed by atoms with Gasteiger partial charge in [0, 0.05) is 40.4 Å². The van der Waals surface area contributed by atoms with Crippen molar-refractivity contribution in [3.05, 3.63) is 68.6 Å². The number of rotatable bonds is 8. The van der Waals surface area contributed by atoms with Crippen LogP contribution in [0.4, 0.5) is 0 Å². The van der Waals surface area contributed by atoms with Crippen LogP contribution in [-0.4, -0.2) is 12.3 Å². The maximum atomic E-state index is 11.6. The van der Waals surface area contributed by atoms with E-state index in [1.807, 2.05) is 43.3 Å². The molecule has 0 aromatic heterocycles. The Bertz CT molecular complexity index is 725. The van der Waals surface area contributed by atoms with Gasteiger partial charge in [0.1, 0.15) is 5.78 Å². The van der Waals surface area contributed by atoms with Crippen molar-refractivity contribution < 1.29 is 4.79 Å². The maximum absolute atomic E-state index is 11.6. The molecule has 0 amide bonds. The van der Waals surface area contributed by atoms with Crippen molar-refractivity contribution in [2.24, 2.45) is 11.7 Å². The summed E-state index contributed by atoms with van der Waals surface area (Å²) in [4.78, 5) is 11.6. The van der Waals surface area contributed by atoms with E-state index in [0.29, 0.717) is 24.2 Å². The normalized spacial score (nSPS) is 15.3. The molecule has 3 nitrogen and oxygen atoms in total. The number of hydrogen-bond acceptors (Lipinski definition) is 3. The molecule has 28 heavy (non-hydrogen) atoms. The van der Waals surface area contributed by atoms with Crippen LogP contribution >= 0.6 is 31.9 Å². The van der Waals surface area contributed by atoms with Crippen LogP contribution in [0.15, 0.2) is 57.5 Å². The Morgan fingerprint density at radius 2 is 1.50 bits per heavy atom. The van der Waals surface area contributed by atoms with Crippen LogP contribution in [0.2, 0.25) is 0 Å². The SMILES string of the molecule is C[C@H](N)c1ccc(Br)cc1.C[C@H](NCCC(=O)CC1CC1)c1ccc(Br)cc1. The topological polar surface area (TPSA) is 55.1 Å². The van der Waals surface area contributed by atoms with Gasteiger partial charge in [-0.3, -0.25) is 4.79 Å². The Morgan fingerprint density at radius 3 is 1.96 bits per heavy atom. The minimum absolute atomic E-state index is 0.132. The van der Waals surface area contributed by atoms with Gasteiger partial charge in [-0.1, -0.05) is 56.1 Å². The van der Waals surface area contributed by atoms with E-state index in [4.69, 9.17) is 5.73 Å². The van der Waals surface area contributed by atoms with Crippen LogP contribution in [0.5, 0.6) is 0 Å². The van der Waals surface area contributed by atoms with Gasteiger partial charge in [-0.2, -0.15) is 0 Å². The van der Waals surface area contributed by atoms with Crippen LogP contribution in [0.1, 0.15) is 62.7 Å². The summed E-state index contributed by atoms with van der Waals surface area (Å²) in [7, 11) is 0. The lowest BCUT2D eigenvalue weighted by Gasteiger charge is -2.14. The third-order valence-corrected chi connectivity index (χ3v) is 5.89. The van der Waals surface area contributed by atoms with Crippen molar-refractivity contribution >= 4 is 37.6 Å². The summed E-state index contributed by atoms with van der Waals surface area (Å²) in [6.45, 7) is 4.89. The van der Waals surface area contributed by atoms with Gasteiger partial charge in [0.25, 0.3) is 0 Å². The maximum Gasteiger partial charge on any atom is 0.134 e. The first-order chi connectivity index (χ1) is 13.3. The van der Waals surface area contributed by atoms with Gasteiger partial charge in [0.15, 0.2) is 0 Å². The number of carbonyl (C=O) groups is 1. The molecule has 1 aliphatic rings. The first-order valence-electron chi connectivity index (χ1n) is 9.86. The zero-order chi connectivity index (χ0) is 20.5. The molecule has 0 spiro atoms. The molecule has 1 fully saturated rings. The van der Waals surface area contributed by atoms with E-state index in [0.717, 1.165) is 21.9 Å². The monoisotopic (exact) mass is 508 g/mol. The van der Waals surface area contributed by atoms with Crippen LogP contribution in [-0.2, 0) is 4.79 Å². The minimum Gasteiger partial charge on any atom is -0.324 e. The Morgan fingerprint density at radius 1 is 1.00 bits per heavy atom. The molecule has 3 rings (SSSR count). The highest BCUT2D eigenvalue weighted by atomic mass is 79.9. The summed E-state index contributed by atoms with van der Waals surface area (Å²) in [6, 6.07) is 16.8. The molecular formula is C23H30Br2N2O. The van der Waals surface area contributed by atoms with E-state index in [1.165, 1.54) is 24.0 Å². The van der Waals surface area contributed by atoms with Crippen molar-refractivity contribution in [2.75, 3.05) is 6.54 Å². The lowest BCUT2D eigenvalue weighted by Crippen LogP contribution is -2.22. The van der Waals surface area contributed by atoms with E-state index in [-0.39, 0.29) is 6.04 Å². The summed E-state index contributed by atoms with van der Waals surface area (Å²) in [5.74, 6) is 1.12. The molecule has 0 heterocycles. The molecule has 0 bridgehead atoms. The van der Waals surface area contributed by atoms with Gasteiger partial charge < -0.3 is 11.1 Å². The fourth-order valence-electron chi connectivity index (χ4n) is 2.81. The largest absolute Gasteiger partial charge is 0.324 e. The summed E-state index contributed by atoms with van der Waals surface area (Å²) in [5, 5.41) is 3.41. The average Bonchev–Trinajstić information content (AvgIpc) is 3.47. The first kappa shape index (κ1) is 23.3. The van der Waals surface area contributed by atoms with Gasteiger partial charge in [-0.05, 0) is 68.0 Å². The number of halogens is 2. The van der Waals surface area contributed by atoms with Crippen molar-refractivity contribution in [1.29, 1.82) is 0 Å². The van der Waals surface area contributed by atoms with Crippen molar-refractivity contribution in [3.63, 3.8) is 0 Å². The standard InChI is InChI=1S/C15H20BrNO.C8H10BrN/c1-11(13-4-6-14(16)7-5-13)17-9-8-15(18)10-12-2-3-12;1-6(10)7-2-4-8(9)5-3-7/h4-7,11-12,17H,2-3,8-10H2,1H3;2-6H,10H2,1H3/t11-;6-/m00/s1. The van der Waals surface area contributed by atoms with E-state index in [9.17, 15) is 4.79 Å². The van der Waals surface area contributed by atoms with E-state index >= 15 is 0 Å². The van der Waals surface area contributed by atoms with Gasteiger partial charge in [-0.25, -0.2) is 0 Å². The molecule has 0 saturated heterocycles. The Labute approximate surface area is 185 Å². The smallest absolute Gasteiger partial charge is 0.134 e. The molecular weight excluding hydrogens is 480 g/mol. The fraction of sp³-hybridized carbons (Fsp3) is 0.435. The Balaban J connectivity index is 0.000000237. The number of nitrogens with one attached hydrogen (secondary N) is 1. The molecule has 0 radical (unpaired) electrons. The number of nitrogens with two attached hydrogens (primary N) is 1. The second-order valence-electron chi connectivity index (χ2n) is 7.50. The van der Waals surface area contributed by atoms with Crippen LogP contribution in [0.25, 0.3) is 0 Å². The molecule has 5 heteroatoms. The molecule has 0 unspecified atom stereocenters. The van der Waals surface area contributed by atoms with Crippen LogP contribution in [0.3, 0.4) is 0 Å². The van der Waals surface area contributed by atoms with Crippen molar-refractivity contribution in [1.82, 2.24) is 5.32 Å². The molecule has 3 N–H and O–H groups in total. The second kappa shape index (κ2) is 11.9. The lowest BCUT2D eigenvalue weighted by atomic mass is 10.1. The van der Waals surface area contributed by atoms with E-state index < -0.39 is 0 Å². The fourth-order valence-corrected chi connectivity index (χ4v) is 3.34. The van der Waals surface area contributed by atoms with Crippen LogP contribution in [0, 0.1) is 5.92 Å². The number of ketones is 1. The van der Waals surface area contributed by atoms with Crippen LogP contribution < -0.4 is 11.1 Å². The molecule has 1 saturated carbocycles. The van der Waals surface area contributed by atoms with Gasteiger partial charge in [0.2, 0.25) is 0 Å². The van der Waals surface area contributed by atoms with Crippen molar-refractivity contribution in [2.45, 2.75) is 51.6 Å². The minimum atomic E-state index is 0.132. The quantitative estimate of drug-likeness (QED) is 0.437. The number of carbonyl (C=O) groups excluding carboxylic acids is 1. The summed E-state index contributed by atoms with van der Waals surface area (Å²) >= 11 is 6.78. The third-order valence-electron chi connectivity index (χ3n) is 4.83. The highest BCUT2D eigenvalue weighted by Crippen LogP contribution is 2.32. The van der Waals surface area contributed by atoms with E-state index in [1.54, 1.807) is 0 Å². The predicted octanol–water partition coefficient (Wildman–Crippen LogP) is 6.33. The highest BCUT2D eigenvalue weighted by Gasteiger charge is 2.23. The summed E-state index contributed by atoms with van der Waals surface area (Å²) in [5.41, 5.74) is 8.08. The molecule has 0 aliphatic heterocycles. The van der Waals surface area contributed by atoms with E-state index in [2.05, 4.69) is 56.2 Å². The Kier molecular flexibility index (Phi) is 9.86. The van der Waals surface area contributed by atoms with Gasteiger partial charge in [0.05, 0.1) is 0 Å². The molecule has 2 aromatic rings. The van der Waals surface area contributed by atoms with Crippen molar-refractivity contribution in [3.8, 4) is 0 Å². The molecule has 2 aromatic carbocycles. The zero-order valence-corrected chi connectivity index (χ0v) is 19.8. The number of benzene rings is 2. The number of Topliss-reactive ketones (excluding diaryl/α,β-unsaturated/α-hetero) is 1. The molecule has 152 valence electrons. The second-order valence-corrected chi connectivity index (χ2v) is 9.34. The Hall–Kier alpha value is -1.01. The zero-order valence-electron chi connectivity index (χ0n) is 16.6. The third kappa shape index (κ3) is 8.99. The number of hydrogen-bond donors (Lipinski definition) is 2. The first-order valence-corrected chi connectivity index (χ1v) is 11.5. The highest BCUT2D eigenvalue weighted by molar-refractivity contribution is 9.10. The lowest BCUT2D eigenvalue weighted by molar-refractivity contribution is -0.119. The molecule has 2 atom stereocenters. The summed E-state index contributed by atoms with van der Waals surface area (Å²) < 4.78 is 2.19.